The van der Waals surface area contributed by atoms with Gasteiger partial charge in [-0.3, -0.25) is 0 Å². The number of nitrogens with zero attached hydrogens (tertiary/aromatic N) is 1. The summed E-state index contributed by atoms with van der Waals surface area (Å²) in [6.07, 6.45) is 2.33. The molecule has 2 rings (SSSR count). The molecule has 4 heteroatoms. The lowest BCUT2D eigenvalue weighted by Gasteiger charge is -2.30. The van der Waals surface area contributed by atoms with E-state index in [0.29, 0.717) is 12.6 Å². The van der Waals surface area contributed by atoms with Gasteiger partial charge in [0, 0.05) is 17.3 Å². The first-order valence-corrected chi connectivity index (χ1v) is 7.04. The highest BCUT2D eigenvalue weighted by molar-refractivity contribution is 5.51. The fourth-order valence-electron chi connectivity index (χ4n) is 2.48. The van der Waals surface area contributed by atoms with Gasteiger partial charge in [-0.25, -0.2) is 0 Å². The monoisotopic (exact) mass is 264 g/mol. The molecule has 0 aromatic heterocycles. The zero-order valence-corrected chi connectivity index (χ0v) is 11.9. The van der Waals surface area contributed by atoms with E-state index < -0.39 is 0 Å². The van der Waals surface area contributed by atoms with E-state index in [4.69, 9.17) is 4.74 Å². The Hall–Kier alpha value is -1.26. The zero-order chi connectivity index (χ0) is 13.7. The highest BCUT2D eigenvalue weighted by Crippen LogP contribution is 2.24. The van der Waals surface area contributed by atoms with Crippen LogP contribution in [0, 0.1) is 0 Å². The number of piperidine rings is 1. The fourth-order valence-corrected chi connectivity index (χ4v) is 2.48. The summed E-state index contributed by atoms with van der Waals surface area (Å²) in [5, 5.41) is 12.9. The number of benzene rings is 1. The van der Waals surface area contributed by atoms with E-state index in [0.717, 1.165) is 42.9 Å². The van der Waals surface area contributed by atoms with Gasteiger partial charge in [0.1, 0.15) is 5.75 Å². The molecule has 1 aromatic carbocycles. The molecule has 0 unspecified atom stereocenters. The molecule has 1 heterocycles. The zero-order valence-electron chi connectivity index (χ0n) is 11.9. The van der Waals surface area contributed by atoms with Crippen LogP contribution in [0.4, 0.5) is 5.69 Å². The molecule has 1 fully saturated rings. The predicted molar refractivity (Wildman–Crippen MR) is 77.7 cm³/mol. The van der Waals surface area contributed by atoms with Crippen molar-refractivity contribution >= 4 is 5.69 Å². The standard InChI is InChI=1S/C15H24N2O2/c1-3-19-15-5-4-14(10-12(15)11-18)16-13-6-8-17(2)9-7-13/h4-5,10,13,16,18H,3,6-9,11H2,1-2H3. The fraction of sp³-hybridized carbons (Fsp3) is 0.600. The number of rotatable bonds is 5. The third kappa shape index (κ3) is 3.85. The molecule has 0 aliphatic carbocycles. The molecule has 1 aliphatic rings. The van der Waals surface area contributed by atoms with Crippen LogP contribution in [0.3, 0.4) is 0 Å². The molecule has 106 valence electrons. The van der Waals surface area contributed by atoms with Gasteiger partial charge in [0.25, 0.3) is 0 Å². The maximum atomic E-state index is 9.40. The summed E-state index contributed by atoms with van der Waals surface area (Å²) in [6.45, 7) is 4.86. The summed E-state index contributed by atoms with van der Waals surface area (Å²) < 4.78 is 5.49. The molecule has 4 nitrogen and oxygen atoms in total. The minimum absolute atomic E-state index is 0.0122. The van der Waals surface area contributed by atoms with Gasteiger partial charge < -0.3 is 20.1 Å². The average molecular weight is 264 g/mol. The molecule has 0 amide bonds. The second-order valence-corrected chi connectivity index (χ2v) is 5.14. The normalized spacial score (nSPS) is 17.4. The molecule has 0 saturated carbocycles. The van der Waals surface area contributed by atoms with E-state index in [-0.39, 0.29) is 6.61 Å². The Morgan fingerprint density at radius 1 is 1.37 bits per heavy atom. The van der Waals surface area contributed by atoms with Crippen LogP contribution in [0.25, 0.3) is 0 Å². The Balaban J connectivity index is 2.00. The maximum Gasteiger partial charge on any atom is 0.124 e. The van der Waals surface area contributed by atoms with Gasteiger partial charge in [0.15, 0.2) is 0 Å². The van der Waals surface area contributed by atoms with Gasteiger partial charge in [-0.1, -0.05) is 0 Å². The number of likely N-dealkylation sites (tertiary alicyclic amines) is 1. The van der Waals surface area contributed by atoms with Gasteiger partial charge in [0.2, 0.25) is 0 Å². The number of aliphatic hydroxyl groups excluding tert-OH is 1. The van der Waals surface area contributed by atoms with Crippen LogP contribution in [-0.2, 0) is 6.61 Å². The minimum Gasteiger partial charge on any atom is -0.494 e. The Bertz CT molecular complexity index is 401. The van der Waals surface area contributed by atoms with Crippen molar-refractivity contribution < 1.29 is 9.84 Å². The van der Waals surface area contributed by atoms with Crippen LogP contribution in [0.2, 0.25) is 0 Å². The molecule has 0 spiro atoms. The van der Waals surface area contributed by atoms with Crippen molar-refractivity contribution in [3.8, 4) is 5.75 Å². The van der Waals surface area contributed by atoms with Crippen LogP contribution < -0.4 is 10.1 Å². The minimum atomic E-state index is 0.0122. The van der Waals surface area contributed by atoms with Crippen LogP contribution in [0.5, 0.6) is 5.75 Å². The largest absolute Gasteiger partial charge is 0.494 e. The van der Waals surface area contributed by atoms with Gasteiger partial charge in [-0.2, -0.15) is 0 Å². The van der Waals surface area contributed by atoms with Crippen molar-refractivity contribution in [2.75, 3.05) is 32.1 Å². The second kappa shape index (κ2) is 6.78. The first-order chi connectivity index (χ1) is 9.22. The Morgan fingerprint density at radius 2 is 2.11 bits per heavy atom. The van der Waals surface area contributed by atoms with Crippen LogP contribution >= 0.6 is 0 Å². The summed E-state index contributed by atoms with van der Waals surface area (Å²) >= 11 is 0. The summed E-state index contributed by atoms with van der Waals surface area (Å²) in [6, 6.07) is 6.48. The van der Waals surface area contributed by atoms with Crippen molar-refractivity contribution in [3.05, 3.63) is 23.8 Å². The smallest absolute Gasteiger partial charge is 0.124 e. The first-order valence-electron chi connectivity index (χ1n) is 7.04. The lowest BCUT2D eigenvalue weighted by atomic mass is 10.0. The molecular weight excluding hydrogens is 240 g/mol. The molecule has 1 aromatic rings. The van der Waals surface area contributed by atoms with Crippen molar-refractivity contribution in [2.45, 2.75) is 32.4 Å². The van der Waals surface area contributed by atoms with Crippen LogP contribution in [0.1, 0.15) is 25.3 Å². The van der Waals surface area contributed by atoms with Crippen molar-refractivity contribution in [1.29, 1.82) is 0 Å². The van der Waals surface area contributed by atoms with Gasteiger partial charge in [-0.05, 0) is 58.1 Å². The summed E-state index contributed by atoms with van der Waals surface area (Å²) in [4.78, 5) is 2.36. The SMILES string of the molecule is CCOc1ccc(NC2CCN(C)CC2)cc1CO. The van der Waals surface area contributed by atoms with E-state index in [1.54, 1.807) is 0 Å². The summed E-state index contributed by atoms with van der Waals surface area (Å²) in [7, 11) is 2.16. The summed E-state index contributed by atoms with van der Waals surface area (Å²) in [5.41, 5.74) is 1.92. The van der Waals surface area contributed by atoms with E-state index in [1.165, 1.54) is 0 Å². The predicted octanol–water partition coefficient (Wildman–Crippen LogP) is 2.08. The molecule has 0 bridgehead atoms. The third-order valence-corrected chi connectivity index (χ3v) is 3.62. The molecule has 2 N–H and O–H groups in total. The number of nitrogens with one attached hydrogen (secondary N) is 1. The van der Waals surface area contributed by atoms with E-state index in [1.807, 2.05) is 25.1 Å². The maximum absolute atomic E-state index is 9.40. The molecule has 0 radical (unpaired) electrons. The average Bonchev–Trinajstić information content (AvgIpc) is 2.43. The van der Waals surface area contributed by atoms with E-state index in [9.17, 15) is 5.11 Å². The topological polar surface area (TPSA) is 44.7 Å². The van der Waals surface area contributed by atoms with E-state index >= 15 is 0 Å². The Morgan fingerprint density at radius 3 is 2.74 bits per heavy atom. The Labute approximate surface area is 115 Å². The van der Waals surface area contributed by atoms with Gasteiger partial charge in [0.05, 0.1) is 13.2 Å². The lowest BCUT2D eigenvalue weighted by Crippen LogP contribution is -2.36. The lowest BCUT2D eigenvalue weighted by molar-refractivity contribution is 0.263. The number of ether oxygens (including phenoxy) is 1. The highest BCUT2D eigenvalue weighted by Gasteiger charge is 2.16. The quantitative estimate of drug-likeness (QED) is 0.854. The van der Waals surface area contributed by atoms with E-state index in [2.05, 4.69) is 17.3 Å². The number of hydrogen-bond acceptors (Lipinski definition) is 4. The first kappa shape index (κ1) is 14.2. The second-order valence-electron chi connectivity index (χ2n) is 5.14. The molecule has 1 saturated heterocycles. The Kier molecular flexibility index (Phi) is 5.05. The van der Waals surface area contributed by atoms with Crippen molar-refractivity contribution in [2.24, 2.45) is 0 Å². The van der Waals surface area contributed by atoms with Crippen molar-refractivity contribution in [1.82, 2.24) is 4.90 Å². The molecule has 0 atom stereocenters. The number of hydrogen-bond donors (Lipinski definition) is 2. The molecular formula is C15H24N2O2. The third-order valence-electron chi connectivity index (χ3n) is 3.62. The van der Waals surface area contributed by atoms with Crippen LogP contribution in [-0.4, -0.2) is 42.8 Å². The van der Waals surface area contributed by atoms with Crippen LogP contribution in [0.15, 0.2) is 18.2 Å². The molecule has 19 heavy (non-hydrogen) atoms. The number of aliphatic hydroxyl groups is 1. The number of anilines is 1. The van der Waals surface area contributed by atoms with Gasteiger partial charge in [-0.15, -0.1) is 0 Å². The highest BCUT2D eigenvalue weighted by atomic mass is 16.5. The summed E-state index contributed by atoms with van der Waals surface area (Å²) in [5.74, 6) is 0.777. The van der Waals surface area contributed by atoms with Gasteiger partial charge >= 0.3 is 0 Å². The van der Waals surface area contributed by atoms with Crippen molar-refractivity contribution in [3.63, 3.8) is 0 Å². The molecule has 1 aliphatic heterocycles.